The average molecular weight is 278 g/mol. The summed E-state index contributed by atoms with van der Waals surface area (Å²) in [7, 11) is 0. The first-order chi connectivity index (χ1) is 10.2. The van der Waals surface area contributed by atoms with Crippen LogP contribution < -0.4 is 4.90 Å². The highest BCUT2D eigenvalue weighted by Crippen LogP contribution is 2.28. The Labute approximate surface area is 124 Å². The lowest BCUT2D eigenvalue weighted by Gasteiger charge is -2.22. The lowest BCUT2D eigenvalue weighted by atomic mass is 10.1. The van der Waals surface area contributed by atoms with Crippen molar-refractivity contribution in [2.75, 3.05) is 4.90 Å². The number of nitrogens with zero attached hydrogens (tertiary/aromatic N) is 2. The number of benzene rings is 1. The zero-order chi connectivity index (χ0) is 14.8. The van der Waals surface area contributed by atoms with Crippen molar-refractivity contribution in [1.82, 2.24) is 4.57 Å². The van der Waals surface area contributed by atoms with Gasteiger partial charge in [-0.2, -0.15) is 0 Å². The molecule has 0 N–H and O–H groups in total. The van der Waals surface area contributed by atoms with E-state index in [1.807, 2.05) is 42.2 Å². The Kier molecular flexibility index (Phi) is 3.48. The molecule has 1 aliphatic heterocycles. The molecule has 0 aliphatic carbocycles. The van der Waals surface area contributed by atoms with E-state index < -0.39 is 0 Å². The molecule has 0 unspecified atom stereocenters. The maximum atomic E-state index is 12.7. The van der Waals surface area contributed by atoms with Crippen LogP contribution >= 0.6 is 0 Å². The van der Waals surface area contributed by atoms with Gasteiger partial charge in [0.1, 0.15) is 0 Å². The summed E-state index contributed by atoms with van der Waals surface area (Å²) in [5.74, 6) is -0.0461. The molecular weight excluding hydrogens is 260 g/mol. The van der Waals surface area contributed by atoms with Crippen molar-refractivity contribution >= 4 is 11.6 Å². The van der Waals surface area contributed by atoms with Crippen molar-refractivity contribution in [2.45, 2.75) is 20.0 Å². The molecule has 1 aromatic heterocycles. The smallest absolute Gasteiger partial charge is 0.258 e. The molecule has 1 aromatic carbocycles. The number of anilines is 1. The van der Waals surface area contributed by atoms with Gasteiger partial charge < -0.3 is 9.47 Å². The molecule has 3 nitrogen and oxygen atoms in total. The van der Waals surface area contributed by atoms with Crippen molar-refractivity contribution in [3.05, 3.63) is 78.2 Å². The van der Waals surface area contributed by atoms with Crippen molar-refractivity contribution in [3.8, 4) is 0 Å². The van der Waals surface area contributed by atoms with E-state index in [9.17, 15) is 4.79 Å². The molecule has 3 rings (SSSR count). The van der Waals surface area contributed by atoms with Crippen LogP contribution in [0.25, 0.3) is 0 Å². The van der Waals surface area contributed by atoms with E-state index >= 15 is 0 Å². The normalized spacial score (nSPS) is 13.7. The van der Waals surface area contributed by atoms with Crippen LogP contribution in [0, 0.1) is 0 Å². The SMILES string of the molecule is C=C(/C=C\C)C(=O)N1Cc2cccn2Cc2ccccc21. The number of allylic oxidation sites excluding steroid dienone is 1. The zero-order valence-electron chi connectivity index (χ0n) is 12.1. The Morgan fingerprint density at radius 1 is 1.19 bits per heavy atom. The van der Waals surface area contributed by atoms with Gasteiger partial charge in [0.25, 0.3) is 5.91 Å². The fourth-order valence-electron chi connectivity index (χ4n) is 2.71. The van der Waals surface area contributed by atoms with E-state index in [4.69, 9.17) is 0 Å². The number of rotatable bonds is 2. The van der Waals surface area contributed by atoms with Gasteiger partial charge in [-0.1, -0.05) is 36.9 Å². The van der Waals surface area contributed by atoms with E-state index in [0.29, 0.717) is 12.1 Å². The second kappa shape index (κ2) is 5.44. The fraction of sp³-hybridized carbons (Fsp3) is 0.167. The van der Waals surface area contributed by atoms with Gasteiger partial charge in [-0.25, -0.2) is 0 Å². The molecule has 0 spiro atoms. The Bertz CT molecular complexity index is 724. The third-order valence-corrected chi connectivity index (χ3v) is 3.75. The quantitative estimate of drug-likeness (QED) is 0.609. The third kappa shape index (κ3) is 2.42. The van der Waals surface area contributed by atoms with Gasteiger partial charge in [-0.3, -0.25) is 4.79 Å². The molecule has 3 heteroatoms. The minimum Gasteiger partial charge on any atom is -0.345 e. The molecule has 0 fully saturated rings. The maximum absolute atomic E-state index is 12.7. The van der Waals surface area contributed by atoms with Gasteiger partial charge in [-0.15, -0.1) is 0 Å². The number of aromatic nitrogens is 1. The summed E-state index contributed by atoms with van der Waals surface area (Å²) >= 11 is 0. The number of hydrogen-bond donors (Lipinski definition) is 0. The van der Waals surface area contributed by atoms with Crippen molar-refractivity contribution in [2.24, 2.45) is 0 Å². The number of fused-ring (bicyclic) bond motifs is 2. The monoisotopic (exact) mass is 278 g/mol. The van der Waals surface area contributed by atoms with Gasteiger partial charge in [-0.05, 0) is 30.7 Å². The molecule has 1 aliphatic rings. The number of carbonyl (C=O) groups excluding carboxylic acids is 1. The topological polar surface area (TPSA) is 25.2 Å². The third-order valence-electron chi connectivity index (χ3n) is 3.75. The molecule has 0 saturated carbocycles. The van der Waals surface area contributed by atoms with Crippen LogP contribution in [0.15, 0.2) is 66.9 Å². The Balaban J connectivity index is 2.07. The highest BCUT2D eigenvalue weighted by molar-refractivity contribution is 6.07. The number of amides is 1. The first-order valence-corrected chi connectivity index (χ1v) is 7.06. The van der Waals surface area contributed by atoms with Crippen LogP contribution in [0.3, 0.4) is 0 Å². The summed E-state index contributed by atoms with van der Waals surface area (Å²) in [5.41, 5.74) is 3.76. The average Bonchev–Trinajstić information content (AvgIpc) is 2.86. The number of para-hydroxylation sites is 1. The van der Waals surface area contributed by atoms with Gasteiger partial charge >= 0.3 is 0 Å². The van der Waals surface area contributed by atoms with Crippen LogP contribution in [-0.2, 0) is 17.9 Å². The van der Waals surface area contributed by atoms with Gasteiger partial charge in [0.05, 0.1) is 6.54 Å². The van der Waals surface area contributed by atoms with Crippen LogP contribution in [0.1, 0.15) is 18.2 Å². The molecule has 0 radical (unpaired) electrons. The zero-order valence-corrected chi connectivity index (χ0v) is 12.1. The van der Waals surface area contributed by atoms with Crippen molar-refractivity contribution in [3.63, 3.8) is 0 Å². The molecule has 106 valence electrons. The molecule has 0 saturated heterocycles. The Hall–Kier alpha value is -2.55. The maximum Gasteiger partial charge on any atom is 0.258 e. The van der Waals surface area contributed by atoms with E-state index in [1.54, 1.807) is 6.08 Å². The molecule has 21 heavy (non-hydrogen) atoms. The van der Waals surface area contributed by atoms with Crippen LogP contribution in [0.4, 0.5) is 5.69 Å². The number of carbonyl (C=O) groups is 1. The first-order valence-electron chi connectivity index (χ1n) is 7.06. The molecule has 1 amide bonds. The van der Waals surface area contributed by atoms with E-state index in [1.165, 1.54) is 0 Å². The first kappa shape index (κ1) is 13.4. The molecule has 0 atom stereocenters. The van der Waals surface area contributed by atoms with Gasteiger partial charge in [0.2, 0.25) is 0 Å². The van der Waals surface area contributed by atoms with Crippen LogP contribution in [0.2, 0.25) is 0 Å². The molecular formula is C18H18N2O. The summed E-state index contributed by atoms with van der Waals surface area (Å²) in [6, 6.07) is 12.1. The van der Waals surface area contributed by atoms with E-state index in [0.717, 1.165) is 23.5 Å². The van der Waals surface area contributed by atoms with E-state index in [2.05, 4.69) is 29.5 Å². The second-order valence-corrected chi connectivity index (χ2v) is 5.17. The van der Waals surface area contributed by atoms with Gasteiger partial charge in [0, 0.05) is 29.7 Å². The number of hydrogen-bond acceptors (Lipinski definition) is 1. The lowest BCUT2D eigenvalue weighted by molar-refractivity contribution is -0.115. The standard InChI is InChI=1S/C18H18N2O/c1-3-7-14(2)18(21)20-13-16-9-6-11-19(16)12-15-8-4-5-10-17(15)20/h3-11H,2,12-13H2,1H3/b7-3-. The lowest BCUT2D eigenvalue weighted by Crippen LogP contribution is -2.31. The summed E-state index contributed by atoms with van der Waals surface area (Å²) in [4.78, 5) is 14.5. The van der Waals surface area contributed by atoms with Crippen LogP contribution in [-0.4, -0.2) is 10.5 Å². The minimum absolute atomic E-state index is 0.0461. The summed E-state index contributed by atoms with van der Waals surface area (Å²) in [6.45, 7) is 7.13. The fourth-order valence-corrected chi connectivity index (χ4v) is 2.71. The highest BCUT2D eigenvalue weighted by atomic mass is 16.2. The summed E-state index contributed by atoms with van der Waals surface area (Å²) < 4.78 is 2.19. The predicted molar refractivity (Wildman–Crippen MR) is 85.1 cm³/mol. The van der Waals surface area contributed by atoms with Gasteiger partial charge in [0.15, 0.2) is 0 Å². The minimum atomic E-state index is -0.0461. The molecule has 2 aromatic rings. The molecule has 2 heterocycles. The van der Waals surface area contributed by atoms with Crippen LogP contribution in [0.5, 0.6) is 0 Å². The highest BCUT2D eigenvalue weighted by Gasteiger charge is 2.24. The van der Waals surface area contributed by atoms with Crippen molar-refractivity contribution in [1.29, 1.82) is 0 Å². The van der Waals surface area contributed by atoms with Crippen molar-refractivity contribution < 1.29 is 4.79 Å². The Morgan fingerprint density at radius 3 is 2.81 bits per heavy atom. The summed E-state index contributed by atoms with van der Waals surface area (Å²) in [5, 5.41) is 0. The summed E-state index contributed by atoms with van der Waals surface area (Å²) in [6.07, 6.45) is 5.66. The largest absolute Gasteiger partial charge is 0.345 e. The van der Waals surface area contributed by atoms with E-state index in [-0.39, 0.29) is 5.91 Å². The molecule has 0 bridgehead atoms. The second-order valence-electron chi connectivity index (χ2n) is 5.17. The predicted octanol–water partition coefficient (Wildman–Crippen LogP) is 3.52. The Morgan fingerprint density at radius 2 is 2.00 bits per heavy atom.